The largest absolute Gasteiger partial charge is 0.497 e. The van der Waals surface area contributed by atoms with Gasteiger partial charge in [-0.15, -0.1) is 0 Å². The molecular formula is C23H26N6O2. The average Bonchev–Trinajstić information content (AvgIpc) is 2.80. The third kappa shape index (κ3) is 5.22. The van der Waals surface area contributed by atoms with E-state index in [0.29, 0.717) is 32.1 Å². The number of urea groups is 1. The second kappa shape index (κ2) is 9.34. The first kappa shape index (κ1) is 20.5. The van der Waals surface area contributed by atoms with E-state index >= 15 is 0 Å². The molecule has 8 heteroatoms. The number of rotatable bonds is 5. The summed E-state index contributed by atoms with van der Waals surface area (Å²) in [4.78, 5) is 25.7. The Morgan fingerprint density at radius 2 is 1.65 bits per heavy atom. The van der Waals surface area contributed by atoms with Crippen molar-refractivity contribution in [3.8, 4) is 5.75 Å². The van der Waals surface area contributed by atoms with Crippen LogP contribution >= 0.6 is 0 Å². The quantitative estimate of drug-likeness (QED) is 0.654. The number of ether oxygens (including phenoxy) is 1. The molecule has 3 aromatic rings. The van der Waals surface area contributed by atoms with Gasteiger partial charge >= 0.3 is 6.03 Å². The van der Waals surface area contributed by atoms with Gasteiger partial charge in [0.25, 0.3) is 0 Å². The van der Waals surface area contributed by atoms with Crippen LogP contribution < -0.4 is 20.3 Å². The molecule has 2 heterocycles. The summed E-state index contributed by atoms with van der Waals surface area (Å²) in [7, 11) is 1.65. The summed E-state index contributed by atoms with van der Waals surface area (Å²) in [6.07, 6.45) is 0. The lowest BCUT2D eigenvalue weighted by Crippen LogP contribution is -2.50. The Kier molecular flexibility index (Phi) is 6.16. The van der Waals surface area contributed by atoms with E-state index in [1.807, 2.05) is 72.5 Å². The number of nitrogens with zero attached hydrogens (tertiary/aromatic N) is 4. The van der Waals surface area contributed by atoms with Gasteiger partial charge in [-0.05, 0) is 43.3 Å². The molecule has 0 spiro atoms. The Morgan fingerprint density at radius 1 is 0.935 bits per heavy atom. The summed E-state index contributed by atoms with van der Waals surface area (Å²) in [6.45, 7) is 4.52. The molecule has 1 aliphatic heterocycles. The van der Waals surface area contributed by atoms with Gasteiger partial charge in [0.1, 0.15) is 11.6 Å². The highest BCUT2D eigenvalue weighted by atomic mass is 16.5. The van der Waals surface area contributed by atoms with E-state index in [1.165, 1.54) is 0 Å². The minimum absolute atomic E-state index is 0.0853. The van der Waals surface area contributed by atoms with Gasteiger partial charge in [0.15, 0.2) is 0 Å². The van der Waals surface area contributed by atoms with E-state index in [-0.39, 0.29) is 6.03 Å². The standard InChI is InChI=1S/C23H26N6O2/c1-17-16-21(25-19-8-10-20(31-2)11-9-19)27-22(24-17)28-12-14-29(15-13-28)23(30)26-18-6-4-3-5-7-18/h3-11,16H,12-15H2,1-2H3,(H,26,30)(H,24,25,27). The Labute approximate surface area is 181 Å². The number of amides is 2. The zero-order chi connectivity index (χ0) is 21.6. The topological polar surface area (TPSA) is 82.6 Å². The molecular weight excluding hydrogens is 392 g/mol. The number of para-hydroxylation sites is 1. The van der Waals surface area contributed by atoms with Crippen LogP contribution in [0.2, 0.25) is 0 Å². The molecule has 31 heavy (non-hydrogen) atoms. The minimum Gasteiger partial charge on any atom is -0.497 e. The first-order valence-corrected chi connectivity index (χ1v) is 10.2. The van der Waals surface area contributed by atoms with Crippen molar-refractivity contribution >= 4 is 29.2 Å². The highest BCUT2D eigenvalue weighted by Crippen LogP contribution is 2.21. The summed E-state index contributed by atoms with van der Waals surface area (Å²) >= 11 is 0. The lowest BCUT2D eigenvalue weighted by atomic mass is 10.3. The zero-order valence-electron chi connectivity index (χ0n) is 17.7. The van der Waals surface area contributed by atoms with Gasteiger partial charge in [-0.25, -0.2) is 9.78 Å². The number of carbonyl (C=O) groups is 1. The summed E-state index contributed by atoms with van der Waals surface area (Å²) < 4.78 is 5.20. The van der Waals surface area contributed by atoms with Gasteiger partial charge in [0.05, 0.1) is 7.11 Å². The van der Waals surface area contributed by atoms with Crippen molar-refractivity contribution in [2.75, 3.05) is 48.8 Å². The number of methoxy groups -OCH3 is 1. The van der Waals surface area contributed by atoms with Gasteiger partial charge in [-0.1, -0.05) is 18.2 Å². The molecule has 4 rings (SSSR count). The summed E-state index contributed by atoms with van der Waals surface area (Å²) in [5, 5.41) is 6.26. The molecule has 1 aliphatic rings. The number of aromatic nitrogens is 2. The number of hydrogen-bond donors (Lipinski definition) is 2. The van der Waals surface area contributed by atoms with Crippen molar-refractivity contribution in [3.63, 3.8) is 0 Å². The SMILES string of the molecule is COc1ccc(Nc2cc(C)nc(N3CCN(C(=O)Nc4ccccc4)CC3)n2)cc1. The molecule has 0 aliphatic carbocycles. The van der Waals surface area contributed by atoms with Crippen LogP contribution in [0.3, 0.4) is 0 Å². The minimum atomic E-state index is -0.0853. The lowest BCUT2D eigenvalue weighted by Gasteiger charge is -2.34. The van der Waals surface area contributed by atoms with Crippen LogP contribution in [0.5, 0.6) is 5.75 Å². The van der Waals surface area contributed by atoms with Crippen molar-refractivity contribution in [3.05, 3.63) is 66.4 Å². The van der Waals surface area contributed by atoms with E-state index in [2.05, 4.69) is 25.5 Å². The smallest absolute Gasteiger partial charge is 0.321 e. The predicted molar refractivity (Wildman–Crippen MR) is 122 cm³/mol. The number of piperazine rings is 1. The fraction of sp³-hybridized carbons (Fsp3) is 0.261. The number of nitrogens with one attached hydrogen (secondary N) is 2. The molecule has 0 radical (unpaired) electrons. The van der Waals surface area contributed by atoms with Gasteiger partial charge in [-0.2, -0.15) is 4.98 Å². The molecule has 2 N–H and O–H groups in total. The summed E-state index contributed by atoms with van der Waals surface area (Å²) in [5.41, 5.74) is 2.60. The van der Waals surface area contributed by atoms with Crippen molar-refractivity contribution in [2.45, 2.75) is 6.92 Å². The Hall–Kier alpha value is -3.81. The van der Waals surface area contributed by atoms with E-state index in [4.69, 9.17) is 4.74 Å². The van der Waals surface area contributed by atoms with Crippen molar-refractivity contribution in [2.24, 2.45) is 0 Å². The molecule has 0 atom stereocenters. The van der Waals surface area contributed by atoms with Crippen LogP contribution in [-0.2, 0) is 0 Å². The number of carbonyl (C=O) groups excluding carboxylic acids is 1. The van der Waals surface area contributed by atoms with Gasteiger partial charge < -0.3 is 25.2 Å². The van der Waals surface area contributed by atoms with Crippen LogP contribution in [0.4, 0.5) is 27.9 Å². The highest BCUT2D eigenvalue weighted by Gasteiger charge is 2.23. The summed E-state index contributed by atoms with van der Waals surface area (Å²) in [6, 6.07) is 19.0. The van der Waals surface area contributed by atoms with Crippen molar-refractivity contribution in [1.82, 2.24) is 14.9 Å². The first-order valence-electron chi connectivity index (χ1n) is 10.2. The van der Waals surface area contributed by atoms with E-state index in [1.54, 1.807) is 7.11 Å². The first-order chi connectivity index (χ1) is 15.1. The molecule has 2 aromatic carbocycles. The fourth-order valence-corrected chi connectivity index (χ4v) is 3.41. The second-order valence-corrected chi connectivity index (χ2v) is 7.32. The van der Waals surface area contributed by atoms with Gasteiger partial charge in [-0.3, -0.25) is 0 Å². The van der Waals surface area contributed by atoms with Crippen LogP contribution in [0.1, 0.15) is 5.69 Å². The molecule has 1 saturated heterocycles. The Balaban J connectivity index is 1.38. The van der Waals surface area contributed by atoms with Crippen LogP contribution in [0.15, 0.2) is 60.7 Å². The van der Waals surface area contributed by atoms with Gasteiger partial charge in [0, 0.05) is 49.3 Å². The predicted octanol–water partition coefficient (Wildman–Crippen LogP) is 3.89. The molecule has 2 amide bonds. The van der Waals surface area contributed by atoms with Crippen LogP contribution in [-0.4, -0.2) is 54.2 Å². The van der Waals surface area contributed by atoms with Crippen molar-refractivity contribution in [1.29, 1.82) is 0 Å². The van der Waals surface area contributed by atoms with E-state index in [9.17, 15) is 4.79 Å². The maximum Gasteiger partial charge on any atom is 0.321 e. The molecule has 0 unspecified atom stereocenters. The maximum absolute atomic E-state index is 12.5. The third-order valence-corrected chi connectivity index (χ3v) is 5.08. The normalized spacial score (nSPS) is 13.6. The fourth-order valence-electron chi connectivity index (χ4n) is 3.41. The maximum atomic E-state index is 12.5. The summed E-state index contributed by atoms with van der Waals surface area (Å²) in [5.74, 6) is 2.20. The molecule has 1 aromatic heterocycles. The monoisotopic (exact) mass is 418 g/mol. The number of anilines is 4. The highest BCUT2D eigenvalue weighted by molar-refractivity contribution is 5.89. The molecule has 160 valence electrons. The second-order valence-electron chi connectivity index (χ2n) is 7.32. The zero-order valence-corrected chi connectivity index (χ0v) is 17.7. The van der Waals surface area contributed by atoms with Crippen molar-refractivity contribution < 1.29 is 9.53 Å². The lowest BCUT2D eigenvalue weighted by molar-refractivity contribution is 0.208. The molecule has 1 fully saturated rings. The van der Waals surface area contributed by atoms with E-state index in [0.717, 1.165) is 28.6 Å². The van der Waals surface area contributed by atoms with E-state index < -0.39 is 0 Å². The average molecular weight is 419 g/mol. The van der Waals surface area contributed by atoms with Crippen LogP contribution in [0, 0.1) is 6.92 Å². The third-order valence-electron chi connectivity index (χ3n) is 5.08. The molecule has 0 saturated carbocycles. The van der Waals surface area contributed by atoms with Gasteiger partial charge in [0.2, 0.25) is 5.95 Å². The number of aryl methyl sites for hydroxylation is 1. The Morgan fingerprint density at radius 3 is 2.32 bits per heavy atom. The number of benzene rings is 2. The molecule has 8 nitrogen and oxygen atoms in total. The van der Waals surface area contributed by atoms with Crippen LogP contribution in [0.25, 0.3) is 0 Å². The Bertz CT molecular complexity index is 1020. The number of hydrogen-bond acceptors (Lipinski definition) is 6. The molecule has 0 bridgehead atoms.